The number of hydrogen-bond acceptors (Lipinski definition) is 2. The third-order valence-corrected chi connectivity index (χ3v) is 9.47. The van der Waals surface area contributed by atoms with E-state index in [0.29, 0.717) is 27.1 Å². The number of rotatable bonds is 2. The van der Waals surface area contributed by atoms with E-state index in [0.717, 1.165) is 49.7 Å². The van der Waals surface area contributed by atoms with Gasteiger partial charge in [0.25, 0.3) is 0 Å². The Morgan fingerprint density at radius 3 is 1.80 bits per heavy atom. The van der Waals surface area contributed by atoms with Crippen molar-refractivity contribution in [2.24, 2.45) is 0 Å². The summed E-state index contributed by atoms with van der Waals surface area (Å²) in [5.74, 6) is 0. The van der Waals surface area contributed by atoms with Crippen molar-refractivity contribution in [1.29, 1.82) is 0 Å². The topological polar surface area (TPSA) is 43.5 Å². The molecule has 0 saturated heterocycles. The van der Waals surface area contributed by atoms with Crippen molar-refractivity contribution < 1.29 is 0 Å². The molecule has 4 heteroatoms. The Bertz CT molecular complexity index is 2800. The van der Waals surface area contributed by atoms with Gasteiger partial charge in [-0.15, -0.1) is 0 Å². The Kier molecular flexibility index (Phi) is 5.22. The molecule has 0 N–H and O–H groups in total. The number of aryl methyl sites for hydroxylation is 3. The van der Waals surface area contributed by atoms with Gasteiger partial charge in [0.05, 0.1) is 33.3 Å². The Balaban J connectivity index is 1.50. The van der Waals surface area contributed by atoms with Crippen LogP contribution >= 0.6 is 0 Å². The molecule has 0 spiro atoms. The van der Waals surface area contributed by atoms with Gasteiger partial charge in [0.15, 0.2) is 10.9 Å². The van der Waals surface area contributed by atoms with Crippen molar-refractivity contribution in [1.82, 2.24) is 8.97 Å². The van der Waals surface area contributed by atoms with Crippen molar-refractivity contribution >= 4 is 59.9 Å². The van der Waals surface area contributed by atoms with Crippen LogP contribution in [-0.4, -0.2) is 8.97 Å². The number of aromatic nitrogens is 2. The molecule has 0 radical (unpaired) electrons. The normalized spacial score (nSPS) is 12.1. The lowest BCUT2D eigenvalue weighted by molar-refractivity contribution is 1.11. The quantitative estimate of drug-likeness (QED) is 0.151. The molecule has 0 unspecified atom stereocenters. The Morgan fingerprint density at radius 2 is 1.07 bits per heavy atom. The fourth-order valence-corrected chi connectivity index (χ4v) is 7.67. The van der Waals surface area contributed by atoms with E-state index in [-0.39, 0.29) is 10.9 Å². The molecule has 0 aliphatic carbocycles. The van der Waals surface area contributed by atoms with Gasteiger partial charge in [-0.25, -0.2) is 0 Å². The molecule has 3 heterocycles. The van der Waals surface area contributed by atoms with Crippen LogP contribution < -0.4 is 10.9 Å². The minimum Gasteiger partial charge on any atom is -0.309 e. The van der Waals surface area contributed by atoms with E-state index in [9.17, 15) is 9.59 Å². The maximum absolute atomic E-state index is 14.3. The summed E-state index contributed by atoms with van der Waals surface area (Å²) >= 11 is 0. The second kappa shape index (κ2) is 9.13. The van der Waals surface area contributed by atoms with Gasteiger partial charge in [0, 0.05) is 32.3 Å². The molecule has 3 aromatic heterocycles. The van der Waals surface area contributed by atoms with Gasteiger partial charge >= 0.3 is 0 Å². The number of pyridine rings is 2. The van der Waals surface area contributed by atoms with Crippen molar-refractivity contribution in [3.05, 3.63) is 152 Å². The Hall–Kier alpha value is -5.74. The van der Waals surface area contributed by atoms with Crippen LogP contribution in [0.5, 0.6) is 0 Å². The summed E-state index contributed by atoms with van der Waals surface area (Å²) in [6, 6.07) is 38.8. The first kappa shape index (κ1) is 25.7. The second-order valence-electron chi connectivity index (χ2n) is 12.3. The molecular weight excluding hydrogens is 552 g/mol. The van der Waals surface area contributed by atoms with E-state index in [2.05, 4.69) is 96.5 Å². The molecule has 0 atom stereocenters. The Morgan fingerprint density at radius 1 is 0.444 bits per heavy atom. The highest BCUT2D eigenvalue weighted by molar-refractivity contribution is 6.16. The number of fused-ring (bicyclic) bond motifs is 7. The van der Waals surface area contributed by atoms with Crippen molar-refractivity contribution in [2.75, 3.05) is 0 Å². The van der Waals surface area contributed by atoms with E-state index in [4.69, 9.17) is 0 Å². The first-order valence-electron chi connectivity index (χ1n) is 15.3. The average Bonchev–Trinajstić information content (AvgIpc) is 3.36. The summed E-state index contributed by atoms with van der Waals surface area (Å²) in [5, 5.41) is 4.56. The first-order valence-corrected chi connectivity index (χ1v) is 15.3. The molecule has 0 aliphatic rings. The van der Waals surface area contributed by atoms with Gasteiger partial charge in [-0.1, -0.05) is 78.4 Å². The fourth-order valence-electron chi connectivity index (χ4n) is 7.67. The van der Waals surface area contributed by atoms with Crippen LogP contribution in [0.15, 0.2) is 125 Å². The van der Waals surface area contributed by atoms with E-state index in [1.807, 2.05) is 48.5 Å². The van der Waals surface area contributed by atoms with Gasteiger partial charge in [0.1, 0.15) is 0 Å². The lowest BCUT2D eigenvalue weighted by Crippen LogP contribution is -2.14. The van der Waals surface area contributed by atoms with Gasteiger partial charge in [0.2, 0.25) is 0 Å². The summed E-state index contributed by atoms with van der Waals surface area (Å²) in [7, 11) is 0. The van der Waals surface area contributed by atoms with Crippen LogP contribution in [0.3, 0.4) is 0 Å². The van der Waals surface area contributed by atoms with E-state index in [1.165, 1.54) is 16.7 Å². The molecule has 45 heavy (non-hydrogen) atoms. The molecule has 0 fully saturated rings. The van der Waals surface area contributed by atoms with Crippen LogP contribution in [0.1, 0.15) is 16.7 Å². The smallest absolute Gasteiger partial charge is 0.197 e. The van der Waals surface area contributed by atoms with Gasteiger partial charge in [-0.05, 0) is 85.5 Å². The summed E-state index contributed by atoms with van der Waals surface area (Å²) in [4.78, 5) is 28.4. The SMILES string of the molecule is Cc1cc(C)c(-n2c3ccccc3c3cc4c(cc32)c(=O)c2cccc3c(=O)c5cc(-c6ccccc6)ccc5n4c32)c(C)c1. The Labute approximate surface area is 258 Å². The van der Waals surface area contributed by atoms with Crippen molar-refractivity contribution in [3.8, 4) is 16.8 Å². The molecule has 6 aromatic carbocycles. The lowest BCUT2D eigenvalue weighted by atomic mass is 9.99. The summed E-state index contributed by atoms with van der Waals surface area (Å²) in [6.45, 7) is 6.44. The highest BCUT2D eigenvalue weighted by Crippen LogP contribution is 2.38. The number of hydrogen-bond donors (Lipinski definition) is 0. The van der Waals surface area contributed by atoms with Crippen LogP contribution in [0.25, 0.3) is 76.7 Å². The summed E-state index contributed by atoms with van der Waals surface area (Å²) in [6.07, 6.45) is 0. The third-order valence-electron chi connectivity index (χ3n) is 9.47. The highest BCUT2D eigenvalue weighted by Gasteiger charge is 2.21. The van der Waals surface area contributed by atoms with Crippen LogP contribution in [0, 0.1) is 20.8 Å². The lowest BCUT2D eigenvalue weighted by Gasteiger charge is -2.17. The number of para-hydroxylation sites is 2. The zero-order valence-corrected chi connectivity index (χ0v) is 25.2. The van der Waals surface area contributed by atoms with E-state index in [1.54, 1.807) is 0 Å². The number of nitrogens with zero attached hydrogens (tertiary/aromatic N) is 2. The zero-order valence-electron chi connectivity index (χ0n) is 25.2. The van der Waals surface area contributed by atoms with E-state index >= 15 is 0 Å². The second-order valence-corrected chi connectivity index (χ2v) is 12.3. The summed E-state index contributed by atoms with van der Waals surface area (Å²) < 4.78 is 4.45. The predicted molar refractivity (Wildman–Crippen MR) is 188 cm³/mol. The van der Waals surface area contributed by atoms with Gasteiger partial charge in [-0.2, -0.15) is 0 Å². The maximum atomic E-state index is 14.3. The van der Waals surface area contributed by atoms with Crippen LogP contribution in [-0.2, 0) is 0 Å². The molecule has 0 saturated carbocycles. The molecule has 0 aliphatic heterocycles. The van der Waals surface area contributed by atoms with Crippen molar-refractivity contribution in [2.45, 2.75) is 20.8 Å². The number of benzene rings is 6. The predicted octanol–water partition coefficient (Wildman–Crippen LogP) is 9.25. The molecule has 214 valence electrons. The van der Waals surface area contributed by atoms with E-state index < -0.39 is 0 Å². The molecule has 4 nitrogen and oxygen atoms in total. The van der Waals surface area contributed by atoms with Crippen molar-refractivity contribution in [3.63, 3.8) is 0 Å². The third kappa shape index (κ3) is 3.48. The summed E-state index contributed by atoms with van der Waals surface area (Å²) in [5.41, 5.74) is 11.0. The highest BCUT2D eigenvalue weighted by atomic mass is 16.1. The average molecular weight is 581 g/mol. The zero-order chi connectivity index (χ0) is 30.6. The monoisotopic (exact) mass is 580 g/mol. The van der Waals surface area contributed by atoms with Crippen LogP contribution in [0.4, 0.5) is 0 Å². The maximum Gasteiger partial charge on any atom is 0.197 e. The van der Waals surface area contributed by atoms with Gasteiger partial charge in [-0.3, -0.25) is 9.59 Å². The first-order chi connectivity index (χ1) is 21.9. The minimum absolute atomic E-state index is 0.0601. The van der Waals surface area contributed by atoms with Crippen LogP contribution in [0.2, 0.25) is 0 Å². The minimum atomic E-state index is -0.0636. The standard InChI is InChI=1S/C41H28N2O2/c1-23-18-24(2)38(25(3)19-23)42-34-15-8-7-12-28(34)31-21-37-33(22-36(31)42)41(45)30-14-9-13-29-39(30)43(37)35-17-16-27(20-32(35)40(29)44)26-10-5-4-6-11-26/h4-22H,1-3H3. The molecule has 9 rings (SSSR count). The molecule has 0 bridgehead atoms. The largest absolute Gasteiger partial charge is 0.309 e. The fraction of sp³-hybridized carbons (Fsp3) is 0.0732. The molecular formula is C41H28N2O2. The molecule has 0 amide bonds. The van der Waals surface area contributed by atoms with Gasteiger partial charge < -0.3 is 8.97 Å². The molecule has 9 aromatic rings.